The Balaban J connectivity index is -0.000000563. The van der Waals surface area contributed by atoms with E-state index in [1.54, 1.807) is 38.9 Å². The fourth-order valence-corrected chi connectivity index (χ4v) is 5.59. The molecule has 308 valence electrons. The number of carbonyl (C=O) groups is 1. The van der Waals surface area contributed by atoms with E-state index < -0.39 is 0 Å². The van der Waals surface area contributed by atoms with E-state index in [0.29, 0.717) is 6.04 Å². The van der Waals surface area contributed by atoms with Crippen LogP contribution in [0.4, 0.5) is 0 Å². The van der Waals surface area contributed by atoms with Crippen LogP contribution in [0.1, 0.15) is 119 Å². The zero-order valence-electron chi connectivity index (χ0n) is 31.1. The van der Waals surface area contributed by atoms with Crippen molar-refractivity contribution in [1.29, 1.82) is 0 Å². The maximum Gasteiger partial charge on any atom is 0.347 e. The third-order valence-corrected chi connectivity index (χ3v) is 8.78. The largest absolute Gasteiger partial charge is 0.369 e. The Hall–Kier alpha value is -3.26. The number of nitrogens with zero attached hydrogens (tertiary/aromatic N) is 6. The number of nitrogens with one attached hydrogen (secondary N) is 4. The third-order valence-electron chi connectivity index (χ3n) is 8.78. The van der Waals surface area contributed by atoms with E-state index in [-0.39, 0.29) is 47.2 Å². The molecule has 0 radical (unpaired) electrons. The van der Waals surface area contributed by atoms with Gasteiger partial charge in [0.15, 0.2) is 5.65 Å². The second-order valence-electron chi connectivity index (χ2n) is 13.5. The van der Waals surface area contributed by atoms with Crippen LogP contribution in [-0.2, 0) is 18.9 Å². The molecule has 53 heavy (non-hydrogen) atoms. The standard InChI is InChI=1S/C7H8N4.C6H8N2O.C6H12N2O.C6H13N.C6H12.C5H12N2.4CH4/c1-5-6-7(9-3-8-5)11(2)4-10-6;1-5-3-4-8(2)6(9)7-5;7-6(9)5-2-1-3-8-4-5;1-6-3-2-4-7-5-6;1-2-4-6-5-3-1;1-5-4-6-2-3-7-5;;;;/h3-4H,1-2H3;3-4H,1-2H3;5,8H,1-4H2,(H2,7,9);6-7H,2-5H2,1H3;1-6H2;5-7H,2-4H2,1H3;4*1H4. The minimum Gasteiger partial charge on any atom is -0.369 e. The zero-order valence-corrected chi connectivity index (χ0v) is 31.1. The number of aromatic nitrogens is 6. The molecule has 7 rings (SSSR count). The molecule has 3 aromatic rings. The van der Waals surface area contributed by atoms with Crippen molar-refractivity contribution in [2.24, 2.45) is 31.7 Å². The monoisotopic (exact) mass is 748 g/mol. The van der Waals surface area contributed by atoms with Gasteiger partial charge in [0.1, 0.15) is 11.8 Å². The first-order valence-corrected chi connectivity index (χ1v) is 18.3. The molecule has 4 fully saturated rings. The fourth-order valence-electron chi connectivity index (χ4n) is 5.59. The summed E-state index contributed by atoms with van der Waals surface area (Å²) in [6.07, 6.45) is 18.8. The van der Waals surface area contributed by atoms with Crippen molar-refractivity contribution < 1.29 is 4.79 Å². The molecule has 3 aromatic heterocycles. The summed E-state index contributed by atoms with van der Waals surface area (Å²) in [6, 6.07) is 2.47. The summed E-state index contributed by atoms with van der Waals surface area (Å²) in [6.45, 7) is 15.9. The number of piperazine rings is 1. The van der Waals surface area contributed by atoms with Crippen LogP contribution in [0.15, 0.2) is 29.7 Å². The molecular weight excluding hydrogens is 667 g/mol. The van der Waals surface area contributed by atoms with Gasteiger partial charge in [0, 0.05) is 58.2 Å². The van der Waals surface area contributed by atoms with Crippen molar-refractivity contribution in [2.45, 2.75) is 128 Å². The highest BCUT2D eigenvalue weighted by Gasteiger charge is 2.17. The fraction of sp³-hybridized carbons (Fsp3) is 0.750. The Kier molecular flexibility index (Phi) is 32.9. The summed E-state index contributed by atoms with van der Waals surface area (Å²) in [5, 5.41) is 13.0. The Morgan fingerprint density at radius 3 is 1.70 bits per heavy atom. The molecule has 13 heteroatoms. The van der Waals surface area contributed by atoms with Crippen molar-refractivity contribution in [3.8, 4) is 0 Å². The molecule has 6 N–H and O–H groups in total. The van der Waals surface area contributed by atoms with Crippen molar-refractivity contribution >= 4 is 17.1 Å². The van der Waals surface area contributed by atoms with Crippen LogP contribution in [0.25, 0.3) is 11.2 Å². The second kappa shape index (κ2) is 32.2. The second-order valence-corrected chi connectivity index (χ2v) is 13.5. The number of carbonyl (C=O) groups excluding carboxylic acids is 1. The summed E-state index contributed by atoms with van der Waals surface area (Å²) in [4.78, 5) is 37.2. The number of amides is 1. The van der Waals surface area contributed by atoms with E-state index in [2.05, 4.69) is 55.1 Å². The number of hydrogen-bond donors (Lipinski definition) is 5. The molecule has 0 bridgehead atoms. The number of aryl methyl sites for hydroxylation is 4. The summed E-state index contributed by atoms with van der Waals surface area (Å²) >= 11 is 0. The molecule has 1 saturated carbocycles. The predicted molar refractivity (Wildman–Crippen MR) is 226 cm³/mol. The molecule has 3 atom stereocenters. The molecule has 3 unspecified atom stereocenters. The molecule has 0 spiro atoms. The van der Waals surface area contributed by atoms with Crippen molar-refractivity contribution in [3.63, 3.8) is 0 Å². The van der Waals surface area contributed by atoms with E-state index in [9.17, 15) is 9.59 Å². The molecular formula is C40H81N11O2. The van der Waals surface area contributed by atoms with Gasteiger partial charge in [-0.25, -0.2) is 19.7 Å². The molecule has 13 nitrogen and oxygen atoms in total. The Morgan fingerprint density at radius 2 is 1.34 bits per heavy atom. The van der Waals surface area contributed by atoms with Crippen molar-refractivity contribution in [1.82, 2.24) is 50.3 Å². The molecule has 3 saturated heterocycles. The minimum absolute atomic E-state index is 0. The molecule has 0 aromatic carbocycles. The summed E-state index contributed by atoms with van der Waals surface area (Å²) < 4.78 is 3.32. The summed E-state index contributed by atoms with van der Waals surface area (Å²) in [5.74, 6) is 0.842. The van der Waals surface area contributed by atoms with Gasteiger partial charge in [0.2, 0.25) is 5.91 Å². The molecule has 4 aliphatic rings. The van der Waals surface area contributed by atoms with E-state index in [4.69, 9.17) is 5.73 Å². The van der Waals surface area contributed by atoms with Crippen LogP contribution in [0.3, 0.4) is 0 Å². The van der Waals surface area contributed by atoms with Crippen molar-refractivity contribution in [3.05, 3.63) is 46.8 Å². The van der Waals surface area contributed by atoms with E-state index >= 15 is 0 Å². The van der Waals surface area contributed by atoms with Crippen LogP contribution in [-0.4, -0.2) is 86.8 Å². The first-order valence-electron chi connectivity index (χ1n) is 18.3. The highest BCUT2D eigenvalue weighted by atomic mass is 16.1. The quantitative estimate of drug-likeness (QED) is 0.209. The summed E-state index contributed by atoms with van der Waals surface area (Å²) in [5.41, 5.74) is 8.35. The zero-order chi connectivity index (χ0) is 35.9. The lowest BCUT2D eigenvalue weighted by molar-refractivity contribution is -0.122. The normalized spacial score (nSPS) is 20.0. The van der Waals surface area contributed by atoms with Crippen molar-refractivity contribution in [2.75, 3.05) is 45.8 Å². The van der Waals surface area contributed by atoms with Crippen LogP contribution in [0.5, 0.6) is 0 Å². The predicted octanol–water partition coefficient (Wildman–Crippen LogP) is 5.69. The average Bonchev–Trinajstić information content (AvgIpc) is 3.51. The van der Waals surface area contributed by atoms with E-state index in [1.165, 1.54) is 69.0 Å². The van der Waals surface area contributed by atoms with Gasteiger partial charge in [-0.3, -0.25) is 4.79 Å². The highest BCUT2D eigenvalue weighted by molar-refractivity contribution is 5.76. The number of piperidine rings is 2. The number of fused-ring (bicyclic) bond motifs is 1. The number of rotatable bonds is 1. The molecule has 1 aliphatic carbocycles. The van der Waals surface area contributed by atoms with Crippen LogP contribution in [0, 0.1) is 25.7 Å². The first kappa shape index (κ1) is 54.1. The van der Waals surface area contributed by atoms with Crippen LogP contribution < -0.4 is 32.7 Å². The smallest absolute Gasteiger partial charge is 0.347 e. The number of nitrogens with two attached hydrogens (primary N) is 1. The minimum atomic E-state index is -0.199. The number of primary amides is 1. The maximum absolute atomic E-state index is 10.7. The highest BCUT2D eigenvalue weighted by Crippen LogP contribution is 2.15. The van der Waals surface area contributed by atoms with E-state index in [0.717, 1.165) is 74.0 Å². The average molecular weight is 748 g/mol. The van der Waals surface area contributed by atoms with Gasteiger partial charge in [0.05, 0.1) is 17.9 Å². The summed E-state index contributed by atoms with van der Waals surface area (Å²) in [7, 11) is 3.59. The SMILES string of the molecule is C.C.C.C.C1CCCCC1.CC1CCCNC1.CC1CNCCN1.Cc1ccn(C)c(=O)n1.Cc1ncnc2c1ncn2C.NC(=O)C1CCCNC1. The molecule has 6 heterocycles. The topological polar surface area (TPSA) is 170 Å². The lowest BCUT2D eigenvalue weighted by Crippen LogP contribution is -2.46. The third kappa shape index (κ3) is 23.9. The maximum atomic E-state index is 10.7. The van der Waals surface area contributed by atoms with Gasteiger partial charge < -0.3 is 36.1 Å². The van der Waals surface area contributed by atoms with Gasteiger partial charge in [-0.1, -0.05) is 75.2 Å². The van der Waals surface area contributed by atoms with E-state index in [1.807, 2.05) is 18.5 Å². The van der Waals surface area contributed by atoms with Crippen LogP contribution >= 0.6 is 0 Å². The Bertz CT molecular complexity index is 1330. The van der Waals surface area contributed by atoms with Gasteiger partial charge in [0.25, 0.3) is 0 Å². The first-order chi connectivity index (χ1) is 23.6. The number of imidazole rings is 1. The molecule has 3 aliphatic heterocycles. The lowest BCUT2D eigenvalue weighted by Gasteiger charge is -2.19. The Labute approximate surface area is 323 Å². The van der Waals surface area contributed by atoms with Gasteiger partial charge in [-0.15, -0.1) is 0 Å². The Morgan fingerprint density at radius 1 is 0.755 bits per heavy atom. The number of hydrogen-bond acceptors (Lipinski definition) is 10. The van der Waals surface area contributed by atoms with Gasteiger partial charge in [-0.05, 0) is 78.1 Å². The molecule has 1 amide bonds. The van der Waals surface area contributed by atoms with Crippen LogP contribution in [0.2, 0.25) is 0 Å². The lowest BCUT2D eigenvalue weighted by atomic mass is 9.99. The van der Waals surface area contributed by atoms with Gasteiger partial charge >= 0.3 is 5.69 Å². The van der Waals surface area contributed by atoms with Gasteiger partial charge in [-0.2, -0.15) is 4.98 Å².